The maximum Gasteiger partial charge on any atom is 0.0560 e. The second kappa shape index (κ2) is 1.84. The van der Waals surface area contributed by atoms with E-state index < -0.39 is 0 Å². The first kappa shape index (κ1) is 7.77. The molecule has 0 bridgehead atoms. The Kier molecular flexibility index (Phi) is 1.43. The lowest BCUT2D eigenvalue weighted by Crippen LogP contribution is -2.21. The molecule has 1 aliphatic rings. The molecule has 0 aromatic heterocycles. The Balaban J connectivity index is 2.89. The van der Waals surface area contributed by atoms with Crippen LogP contribution in [-0.2, 0) is 0 Å². The maximum atomic E-state index is 4.59. The quantitative estimate of drug-likeness (QED) is 0.489. The van der Waals surface area contributed by atoms with Crippen LogP contribution in [0.4, 0.5) is 0 Å². The van der Waals surface area contributed by atoms with Crippen LogP contribution in [0.5, 0.6) is 0 Å². The predicted molar refractivity (Wildman–Crippen MR) is 45.6 cm³/mol. The molecule has 0 spiro atoms. The Morgan fingerprint density at radius 1 is 1.20 bits per heavy atom. The fraction of sp³-hybridized carbons (Fsp3) is 0.889. The highest BCUT2D eigenvalue weighted by Gasteiger charge is 2.36. The van der Waals surface area contributed by atoms with E-state index in [1.165, 1.54) is 12.1 Å². The molecule has 0 saturated carbocycles. The molecule has 0 aliphatic carbocycles. The minimum Gasteiger partial charge on any atom is -0.288 e. The molecule has 0 aromatic rings. The van der Waals surface area contributed by atoms with Crippen molar-refractivity contribution in [2.75, 3.05) is 0 Å². The van der Waals surface area contributed by atoms with Gasteiger partial charge in [0.2, 0.25) is 0 Å². The summed E-state index contributed by atoms with van der Waals surface area (Å²) in [5, 5.41) is 0. The molecule has 0 amide bonds. The highest BCUT2D eigenvalue weighted by Crippen LogP contribution is 2.38. The molecule has 1 aliphatic heterocycles. The predicted octanol–water partition coefficient (Wildman–Crippen LogP) is 2.66. The van der Waals surface area contributed by atoms with Gasteiger partial charge in [0.1, 0.15) is 0 Å². The van der Waals surface area contributed by atoms with Gasteiger partial charge in [-0.15, -0.1) is 0 Å². The summed E-state index contributed by atoms with van der Waals surface area (Å²) in [5.41, 5.74) is 1.83. The molecule has 0 unspecified atom stereocenters. The molecule has 1 nitrogen and oxygen atoms in total. The largest absolute Gasteiger partial charge is 0.288 e. The van der Waals surface area contributed by atoms with Crippen molar-refractivity contribution in [1.29, 1.82) is 0 Å². The molecule has 1 rings (SSSR count). The summed E-state index contributed by atoms with van der Waals surface area (Å²) in [6.45, 7) is 11.1. The number of aliphatic imine (C=N–C) groups is 1. The van der Waals surface area contributed by atoms with Crippen LogP contribution in [0.3, 0.4) is 0 Å². The van der Waals surface area contributed by atoms with Crippen LogP contribution >= 0.6 is 0 Å². The Labute approximate surface area is 63.5 Å². The van der Waals surface area contributed by atoms with Crippen LogP contribution < -0.4 is 0 Å². The van der Waals surface area contributed by atoms with E-state index in [4.69, 9.17) is 0 Å². The van der Waals surface area contributed by atoms with Gasteiger partial charge in [-0.25, -0.2) is 0 Å². The summed E-state index contributed by atoms with van der Waals surface area (Å²) in [7, 11) is 0. The molecule has 0 fully saturated rings. The Morgan fingerprint density at radius 3 is 1.80 bits per heavy atom. The fourth-order valence-corrected chi connectivity index (χ4v) is 1.85. The minimum absolute atomic E-state index is 0.188. The van der Waals surface area contributed by atoms with Gasteiger partial charge >= 0.3 is 0 Å². The zero-order valence-corrected chi connectivity index (χ0v) is 7.65. The van der Waals surface area contributed by atoms with Crippen molar-refractivity contribution in [1.82, 2.24) is 0 Å². The van der Waals surface area contributed by atoms with Gasteiger partial charge in [-0.3, -0.25) is 4.99 Å². The second-order valence-electron chi connectivity index (χ2n) is 4.57. The highest BCUT2D eigenvalue weighted by molar-refractivity contribution is 5.89. The number of hydrogen-bond acceptors (Lipinski definition) is 1. The summed E-state index contributed by atoms with van der Waals surface area (Å²) >= 11 is 0. The third kappa shape index (κ3) is 1.23. The van der Waals surface area contributed by atoms with Gasteiger partial charge < -0.3 is 0 Å². The fourth-order valence-electron chi connectivity index (χ4n) is 1.85. The standard InChI is InChI=1S/C9H17N/c1-7-8(2,3)6-9(4,5)10-7/h6H2,1-5H3. The van der Waals surface area contributed by atoms with Crippen molar-refractivity contribution in [3.8, 4) is 0 Å². The normalized spacial score (nSPS) is 28.3. The monoisotopic (exact) mass is 139 g/mol. The van der Waals surface area contributed by atoms with E-state index in [-0.39, 0.29) is 5.54 Å². The third-order valence-electron chi connectivity index (χ3n) is 2.32. The molecule has 58 valence electrons. The lowest BCUT2D eigenvalue weighted by Gasteiger charge is -2.21. The van der Waals surface area contributed by atoms with Crippen LogP contribution in [0, 0.1) is 5.41 Å². The van der Waals surface area contributed by atoms with Crippen LogP contribution in [-0.4, -0.2) is 11.3 Å². The zero-order chi connectivity index (χ0) is 7.99. The Morgan fingerprint density at radius 2 is 1.70 bits per heavy atom. The summed E-state index contributed by atoms with van der Waals surface area (Å²) in [6.07, 6.45) is 1.19. The van der Waals surface area contributed by atoms with Gasteiger partial charge in [0.05, 0.1) is 5.54 Å². The molecule has 10 heavy (non-hydrogen) atoms. The van der Waals surface area contributed by atoms with Crippen molar-refractivity contribution in [3.63, 3.8) is 0 Å². The Hall–Kier alpha value is -0.330. The van der Waals surface area contributed by atoms with Gasteiger partial charge in [0.25, 0.3) is 0 Å². The molecule has 0 atom stereocenters. The van der Waals surface area contributed by atoms with Gasteiger partial charge in [0.15, 0.2) is 0 Å². The van der Waals surface area contributed by atoms with Crippen molar-refractivity contribution in [2.24, 2.45) is 10.4 Å². The topological polar surface area (TPSA) is 12.4 Å². The van der Waals surface area contributed by atoms with Crippen molar-refractivity contribution >= 4 is 5.71 Å². The lowest BCUT2D eigenvalue weighted by molar-refractivity contribution is 0.391. The smallest absolute Gasteiger partial charge is 0.0560 e. The molecule has 0 N–H and O–H groups in total. The number of hydrogen-bond donors (Lipinski definition) is 0. The average molecular weight is 139 g/mol. The molecule has 1 heteroatoms. The van der Waals surface area contributed by atoms with Crippen LogP contribution in [0.2, 0.25) is 0 Å². The van der Waals surface area contributed by atoms with E-state index in [0.29, 0.717) is 5.41 Å². The van der Waals surface area contributed by atoms with Crippen molar-refractivity contribution in [2.45, 2.75) is 46.6 Å². The first-order valence-electron chi connectivity index (χ1n) is 3.90. The summed E-state index contributed by atoms with van der Waals surface area (Å²) in [6, 6.07) is 0. The van der Waals surface area contributed by atoms with Crippen LogP contribution in [0.25, 0.3) is 0 Å². The van der Waals surface area contributed by atoms with Crippen molar-refractivity contribution in [3.05, 3.63) is 0 Å². The molecular formula is C9H17N. The van der Waals surface area contributed by atoms with E-state index >= 15 is 0 Å². The highest BCUT2D eigenvalue weighted by atomic mass is 14.9. The first-order chi connectivity index (χ1) is 4.33. The maximum absolute atomic E-state index is 4.59. The summed E-state index contributed by atoms with van der Waals surface area (Å²) in [5.74, 6) is 0. The molecule has 0 radical (unpaired) electrons. The van der Waals surface area contributed by atoms with Gasteiger partial charge in [-0.1, -0.05) is 13.8 Å². The van der Waals surface area contributed by atoms with Gasteiger partial charge in [0, 0.05) is 11.1 Å². The Bertz CT molecular complexity index is 175. The van der Waals surface area contributed by atoms with Crippen LogP contribution in [0.15, 0.2) is 4.99 Å². The lowest BCUT2D eigenvalue weighted by atomic mass is 9.82. The van der Waals surface area contributed by atoms with E-state index in [2.05, 4.69) is 39.6 Å². The van der Waals surface area contributed by atoms with E-state index in [1.54, 1.807) is 0 Å². The molecular weight excluding hydrogens is 122 g/mol. The average Bonchev–Trinajstić information content (AvgIpc) is 1.73. The van der Waals surface area contributed by atoms with Gasteiger partial charge in [-0.05, 0) is 27.2 Å². The minimum atomic E-state index is 0.188. The number of rotatable bonds is 0. The third-order valence-corrected chi connectivity index (χ3v) is 2.32. The molecule has 1 heterocycles. The first-order valence-corrected chi connectivity index (χ1v) is 3.90. The van der Waals surface area contributed by atoms with Gasteiger partial charge in [-0.2, -0.15) is 0 Å². The SMILES string of the molecule is CC1=NC(C)(C)CC1(C)C. The van der Waals surface area contributed by atoms with Crippen LogP contribution in [0.1, 0.15) is 41.0 Å². The molecule has 0 aromatic carbocycles. The summed E-state index contributed by atoms with van der Waals surface area (Å²) in [4.78, 5) is 4.59. The molecule has 0 saturated heterocycles. The van der Waals surface area contributed by atoms with E-state index in [0.717, 1.165) is 0 Å². The summed E-state index contributed by atoms with van der Waals surface area (Å²) < 4.78 is 0. The zero-order valence-electron chi connectivity index (χ0n) is 7.65. The van der Waals surface area contributed by atoms with Crippen molar-refractivity contribution < 1.29 is 0 Å². The van der Waals surface area contributed by atoms with E-state index in [9.17, 15) is 0 Å². The second-order valence-corrected chi connectivity index (χ2v) is 4.57. The number of nitrogens with zero attached hydrogens (tertiary/aromatic N) is 1. The van der Waals surface area contributed by atoms with E-state index in [1.807, 2.05) is 0 Å².